The standard InChI is InChI=1S/C9H16N2O2S/c1-3-7-6(12)4-5-8(14-7)13-9(10-2)11-5/h5-8,12H,3-4H2,1-2H3,(H,10,11). The Morgan fingerprint density at radius 1 is 1.71 bits per heavy atom. The third-order valence-electron chi connectivity index (χ3n) is 2.70. The maximum absolute atomic E-state index is 9.82. The number of nitrogens with zero attached hydrogens (tertiary/aromatic N) is 1. The summed E-state index contributed by atoms with van der Waals surface area (Å²) in [6, 6.07) is 0.827. The van der Waals surface area contributed by atoms with Crippen LogP contribution in [-0.4, -0.2) is 41.0 Å². The second kappa shape index (κ2) is 3.98. The molecule has 0 amide bonds. The van der Waals surface area contributed by atoms with Gasteiger partial charge < -0.3 is 15.2 Å². The second-order valence-corrected chi connectivity index (χ2v) is 4.99. The van der Waals surface area contributed by atoms with Crippen molar-refractivity contribution in [3.8, 4) is 0 Å². The highest BCUT2D eigenvalue weighted by Crippen LogP contribution is 2.37. The average molecular weight is 216 g/mol. The Morgan fingerprint density at radius 3 is 3.14 bits per heavy atom. The van der Waals surface area contributed by atoms with Gasteiger partial charge >= 0.3 is 0 Å². The summed E-state index contributed by atoms with van der Waals surface area (Å²) >= 11 is 1.71. The molecule has 0 bridgehead atoms. The number of ether oxygens (including phenoxy) is 1. The summed E-state index contributed by atoms with van der Waals surface area (Å²) in [6.07, 6.45) is 1.52. The van der Waals surface area contributed by atoms with Gasteiger partial charge in [-0.05, 0) is 12.8 Å². The highest BCUT2D eigenvalue weighted by molar-refractivity contribution is 8.00. The number of aliphatic hydroxyl groups excluding tert-OH is 1. The molecule has 0 aromatic heterocycles. The van der Waals surface area contributed by atoms with Gasteiger partial charge in [0.15, 0.2) is 5.44 Å². The molecule has 2 fully saturated rings. The quantitative estimate of drug-likeness (QED) is 0.672. The monoisotopic (exact) mass is 216 g/mol. The Bertz CT molecular complexity index is 247. The highest BCUT2D eigenvalue weighted by atomic mass is 32.2. The van der Waals surface area contributed by atoms with E-state index < -0.39 is 0 Å². The van der Waals surface area contributed by atoms with E-state index in [4.69, 9.17) is 4.74 Å². The van der Waals surface area contributed by atoms with Crippen LogP contribution in [0.15, 0.2) is 4.99 Å². The molecule has 0 aliphatic carbocycles. The number of amidine groups is 1. The SMILES string of the molecule is CCC1SC2OC(=NC)NC2CC1O. The van der Waals surface area contributed by atoms with Crippen molar-refractivity contribution in [2.75, 3.05) is 7.05 Å². The first-order valence-corrected chi connectivity index (χ1v) is 5.92. The molecule has 0 aromatic rings. The molecule has 2 saturated heterocycles. The van der Waals surface area contributed by atoms with Crippen LogP contribution in [0.2, 0.25) is 0 Å². The molecule has 0 aromatic carbocycles. The van der Waals surface area contributed by atoms with Gasteiger partial charge in [-0.3, -0.25) is 0 Å². The van der Waals surface area contributed by atoms with Gasteiger partial charge in [-0.25, -0.2) is 4.99 Å². The molecule has 2 aliphatic heterocycles. The van der Waals surface area contributed by atoms with E-state index in [-0.39, 0.29) is 17.6 Å². The minimum Gasteiger partial charge on any atom is -0.449 e. The highest BCUT2D eigenvalue weighted by Gasteiger charge is 2.42. The first-order chi connectivity index (χ1) is 6.74. The van der Waals surface area contributed by atoms with E-state index in [1.807, 2.05) is 0 Å². The van der Waals surface area contributed by atoms with Crippen molar-refractivity contribution >= 4 is 17.8 Å². The number of aliphatic imine (C=N–C) groups is 1. The van der Waals surface area contributed by atoms with Gasteiger partial charge in [-0.1, -0.05) is 6.92 Å². The third kappa shape index (κ3) is 1.70. The summed E-state index contributed by atoms with van der Waals surface area (Å²) in [6.45, 7) is 2.10. The average Bonchev–Trinajstić information content (AvgIpc) is 2.58. The lowest BCUT2D eigenvalue weighted by atomic mass is 10.1. The van der Waals surface area contributed by atoms with Gasteiger partial charge in [0.1, 0.15) is 0 Å². The number of aliphatic hydroxyl groups is 1. The molecule has 2 aliphatic rings. The molecule has 0 spiro atoms. The predicted octanol–water partition coefficient (Wildman–Crippen LogP) is 0.563. The summed E-state index contributed by atoms with van der Waals surface area (Å²) in [7, 11) is 1.71. The Labute approximate surface area is 88.1 Å². The largest absolute Gasteiger partial charge is 0.449 e. The zero-order chi connectivity index (χ0) is 10.1. The normalized spacial score (nSPS) is 44.4. The van der Waals surface area contributed by atoms with Gasteiger partial charge in [0.2, 0.25) is 0 Å². The first kappa shape index (κ1) is 10.1. The van der Waals surface area contributed by atoms with E-state index in [0.29, 0.717) is 11.3 Å². The topological polar surface area (TPSA) is 53.8 Å². The van der Waals surface area contributed by atoms with Crippen LogP contribution < -0.4 is 5.32 Å². The lowest BCUT2D eigenvalue weighted by Crippen LogP contribution is -2.43. The molecule has 2 heterocycles. The van der Waals surface area contributed by atoms with Crippen LogP contribution in [0.1, 0.15) is 19.8 Å². The smallest absolute Gasteiger partial charge is 0.285 e. The van der Waals surface area contributed by atoms with Crippen molar-refractivity contribution in [1.82, 2.24) is 5.32 Å². The predicted molar refractivity (Wildman–Crippen MR) is 57.4 cm³/mol. The van der Waals surface area contributed by atoms with Crippen LogP contribution in [0.3, 0.4) is 0 Å². The summed E-state index contributed by atoms with van der Waals surface area (Å²) in [5.41, 5.74) is 0.127. The van der Waals surface area contributed by atoms with Gasteiger partial charge in [0, 0.05) is 12.3 Å². The van der Waals surface area contributed by atoms with E-state index >= 15 is 0 Å². The fraction of sp³-hybridized carbons (Fsp3) is 0.889. The maximum atomic E-state index is 9.82. The molecular weight excluding hydrogens is 200 g/mol. The molecule has 4 unspecified atom stereocenters. The molecule has 2 rings (SSSR count). The maximum Gasteiger partial charge on any atom is 0.285 e. The van der Waals surface area contributed by atoms with Crippen LogP contribution >= 0.6 is 11.8 Å². The zero-order valence-electron chi connectivity index (χ0n) is 8.43. The summed E-state index contributed by atoms with van der Waals surface area (Å²) in [5.74, 6) is 0. The molecule has 4 nitrogen and oxygen atoms in total. The van der Waals surface area contributed by atoms with E-state index in [9.17, 15) is 5.11 Å². The van der Waals surface area contributed by atoms with Crippen molar-refractivity contribution in [2.24, 2.45) is 4.99 Å². The molecule has 80 valence electrons. The molecule has 0 saturated carbocycles. The Hall–Kier alpha value is -0.420. The fourth-order valence-corrected chi connectivity index (χ4v) is 3.25. The number of nitrogens with one attached hydrogen (secondary N) is 1. The number of rotatable bonds is 1. The van der Waals surface area contributed by atoms with E-state index in [1.165, 1.54) is 0 Å². The third-order valence-corrected chi connectivity index (χ3v) is 4.39. The Morgan fingerprint density at radius 2 is 2.50 bits per heavy atom. The molecule has 0 radical (unpaired) electrons. The van der Waals surface area contributed by atoms with Gasteiger partial charge in [0.05, 0.1) is 12.1 Å². The number of fused-ring (bicyclic) bond motifs is 1. The van der Waals surface area contributed by atoms with E-state index in [0.717, 1.165) is 12.8 Å². The van der Waals surface area contributed by atoms with Crippen molar-refractivity contribution in [2.45, 2.75) is 42.6 Å². The Kier molecular flexibility index (Phi) is 2.88. The zero-order valence-corrected chi connectivity index (χ0v) is 9.25. The van der Waals surface area contributed by atoms with Gasteiger partial charge in [-0.2, -0.15) is 0 Å². The Balaban J connectivity index is 2.03. The van der Waals surface area contributed by atoms with Crippen molar-refractivity contribution in [1.29, 1.82) is 0 Å². The van der Waals surface area contributed by atoms with Crippen molar-refractivity contribution in [3.63, 3.8) is 0 Å². The second-order valence-electron chi connectivity index (χ2n) is 3.65. The number of thioether (sulfide) groups is 1. The van der Waals surface area contributed by atoms with Gasteiger partial charge in [0.25, 0.3) is 6.02 Å². The fourth-order valence-electron chi connectivity index (χ4n) is 1.91. The van der Waals surface area contributed by atoms with Crippen LogP contribution in [0.5, 0.6) is 0 Å². The summed E-state index contributed by atoms with van der Waals surface area (Å²) in [5, 5.41) is 13.3. The van der Waals surface area contributed by atoms with Crippen LogP contribution in [0.4, 0.5) is 0 Å². The lowest BCUT2D eigenvalue weighted by Gasteiger charge is -2.32. The first-order valence-electron chi connectivity index (χ1n) is 4.98. The lowest BCUT2D eigenvalue weighted by molar-refractivity contribution is 0.128. The van der Waals surface area contributed by atoms with Crippen molar-refractivity contribution in [3.05, 3.63) is 0 Å². The molecular formula is C9H16N2O2S. The molecule has 2 N–H and O–H groups in total. The van der Waals surface area contributed by atoms with Crippen molar-refractivity contribution < 1.29 is 9.84 Å². The number of hydrogen-bond donors (Lipinski definition) is 2. The minimum absolute atomic E-state index is 0.127. The van der Waals surface area contributed by atoms with Crippen LogP contribution in [-0.2, 0) is 4.74 Å². The van der Waals surface area contributed by atoms with E-state index in [1.54, 1.807) is 18.8 Å². The van der Waals surface area contributed by atoms with Crippen LogP contribution in [0, 0.1) is 0 Å². The summed E-state index contributed by atoms with van der Waals surface area (Å²) in [4.78, 5) is 3.98. The summed E-state index contributed by atoms with van der Waals surface area (Å²) < 4.78 is 5.59. The van der Waals surface area contributed by atoms with E-state index in [2.05, 4.69) is 17.2 Å². The minimum atomic E-state index is -0.224. The molecule has 14 heavy (non-hydrogen) atoms. The van der Waals surface area contributed by atoms with Gasteiger partial charge in [-0.15, -0.1) is 11.8 Å². The molecule has 5 heteroatoms. The van der Waals surface area contributed by atoms with Crippen LogP contribution in [0.25, 0.3) is 0 Å². The molecule has 4 atom stereocenters. The number of hydrogen-bond acceptors (Lipinski definition) is 4.